The maximum absolute atomic E-state index is 12.6. The average Bonchev–Trinajstić information content (AvgIpc) is 3.02. The van der Waals surface area contributed by atoms with Gasteiger partial charge in [-0.25, -0.2) is 14.6 Å². The second-order valence-electron chi connectivity index (χ2n) is 6.42. The molecule has 0 saturated heterocycles. The van der Waals surface area contributed by atoms with Gasteiger partial charge in [0.15, 0.2) is 0 Å². The van der Waals surface area contributed by atoms with Gasteiger partial charge in [0.1, 0.15) is 12.1 Å². The van der Waals surface area contributed by atoms with Gasteiger partial charge >= 0.3 is 0 Å². The first-order valence-electron chi connectivity index (χ1n) is 8.61. The van der Waals surface area contributed by atoms with Gasteiger partial charge in [-0.05, 0) is 31.0 Å². The molecule has 1 amide bonds. The van der Waals surface area contributed by atoms with Crippen LogP contribution in [0.1, 0.15) is 17.0 Å². The van der Waals surface area contributed by atoms with Crippen LogP contribution in [0.3, 0.4) is 0 Å². The summed E-state index contributed by atoms with van der Waals surface area (Å²) in [5, 5.41) is 7.47. The van der Waals surface area contributed by atoms with E-state index in [2.05, 4.69) is 25.3 Å². The Kier molecular flexibility index (Phi) is 4.45. The highest BCUT2D eigenvalue weighted by Gasteiger charge is 2.20. The molecule has 7 nitrogen and oxygen atoms in total. The van der Waals surface area contributed by atoms with Crippen molar-refractivity contribution in [2.75, 3.05) is 18.4 Å². The fourth-order valence-electron chi connectivity index (χ4n) is 3.18. The van der Waals surface area contributed by atoms with Crippen molar-refractivity contribution in [2.45, 2.75) is 19.9 Å². The molecule has 2 aromatic heterocycles. The molecule has 0 unspecified atom stereocenters. The molecule has 26 heavy (non-hydrogen) atoms. The number of amides is 1. The van der Waals surface area contributed by atoms with E-state index >= 15 is 0 Å². The van der Waals surface area contributed by atoms with Crippen LogP contribution in [0.25, 0.3) is 5.69 Å². The number of aryl methyl sites for hydroxylation is 1. The molecule has 132 valence electrons. The van der Waals surface area contributed by atoms with Gasteiger partial charge in [0.2, 0.25) is 5.91 Å². The molecule has 1 aliphatic rings. The van der Waals surface area contributed by atoms with Crippen LogP contribution in [0.4, 0.5) is 5.82 Å². The van der Waals surface area contributed by atoms with Crippen molar-refractivity contribution in [3.8, 4) is 5.69 Å². The minimum absolute atomic E-state index is 0.0559. The second-order valence-corrected chi connectivity index (χ2v) is 6.42. The highest BCUT2D eigenvalue weighted by atomic mass is 16.2. The van der Waals surface area contributed by atoms with Gasteiger partial charge in [0.05, 0.1) is 23.6 Å². The lowest BCUT2D eigenvalue weighted by atomic mass is 10.1. The number of rotatable bonds is 4. The fraction of sp³-hybridized carbons (Fsp3) is 0.263. The van der Waals surface area contributed by atoms with E-state index in [0.29, 0.717) is 18.9 Å². The maximum atomic E-state index is 12.6. The smallest absolute Gasteiger partial charge is 0.239 e. The van der Waals surface area contributed by atoms with Gasteiger partial charge in [-0.15, -0.1) is 0 Å². The van der Waals surface area contributed by atoms with Crippen LogP contribution in [0.2, 0.25) is 0 Å². The van der Waals surface area contributed by atoms with E-state index in [-0.39, 0.29) is 5.91 Å². The number of para-hydroxylation sites is 1. The Morgan fingerprint density at radius 3 is 2.96 bits per heavy atom. The number of nitrogens with zero attached hydrogens (tertiary/aromatic N) is 5. The summed E-state index contributed by atoms with van der Waals surface area (Å²) in [7, 11) is 0. The predicted octanol–water partition coefficient (Wildman–Crippen LogP) is 1.97. The lowest BCUT2D eigenvalue weighted by molar-refractivity contribution is -0.117. The van der Waals surface area contributed by atoms with Crippen molar-refractivity contribution in [1.82, 2.24) is 24.6 Å². The molecule has 1 N–H and O–H groups in total. The van der Waals surface area contributed by atoms with Crippen molar-refractivity contribution >= 4 is 11.7 Å². The molecule has 0 spiro atoms. The lowest BCUT2D eigenvalue weighted by Gasteiger charge is -2.26. The zero-order valence-corrected chi connectivity index (χ0v) is 14.6. The molecule has 0 aliphatic carbocycles. The molecule has 3 heterocycles. The van der Waals surface area contributed by atoms with Crippen molar-refractivity contribution in [1.29, 1.82) is 0 Å². The third-order valence-electron chi connectivity index (χ3n) is 4.42. The Morgan fingerprint density at radius 1 is 1.27 bits per heavy atom. The number of anilines is 1. The van der Waals surface area contributed by atoms with Gasteiger partial charge in [-0.3, -0.25) is 9.69 Å². The SMILES string of the molecule is Cc1cc(NC(=O)CN2CCc3cncnc3C2)n(-c2ccccc2)n1. The lowest BCUT2D eigenvalue weighted by Crippen LogP contribution is -2.37. The molecular formula is C19H20N6O. The first-order chi connectivity index (χ1) is 12.7. The van der Waals surface area contributed by atoms with Crippen molar-refractivity contribution in [3.63, 3.8) is 0 Å². The maximum Gasteiger partial charge on any atom is 0.239 e. The number of nitrogens with one attached hydrogen (secondary N) is 1. The summed E-state index contributed by atoms with van der Waals surface area (Å²) in [5.74, 6) is 0.623. The third-order valence-corrected chi connectivity index (χ3v) is 4.42. The number of fused-ring (bicyclic) bond motifs is 1. The summed E-state index contributed by atoms with van der Waals surface area (Å²) in [6.07, 6.45) is 4.29. The zero-order chi connectivity index (χ0) is 17.9. The first-order valence-corrected chi connectivity index (χ1v) is 8.61. The second kappa shape index (κ2) is 7.05. The summed E-state index contributed by atoms with van der Waals surface area (Å²) in [4.78, 5) is 23.0. The van der Waals surface area contributed by atoms with E-state index in [1.807, 2.05) is 49.5 Å². The minimum atomic E-state index is -0.0559. The fourth-order valence-corrected chi connectivity index (χ4v) is 3.18. The van der Waals surface area contributed by atoms with Gasteiger partial charge in [0.25, 0.3) is 0 Å². The van der Waals surface area contributed by atoms with Gasteiger partial charge in [0, 0.05) is 25.4 Å². The summed E-state index contributed by atoms with van der Waals surface area (Å²) in [6, 6.07) is 11.7. The quantitative estimate of drug-likeness (QED) is 0.780. The number of carbonyl (C=O) groups excluding carboxylic acids is 1. The van der Waals surface area contributed by atoms with Gasteiger partial charge in [-0.1, -0.05) is 18.2 Å². The highest BCUT2D eigenvalue weighted by Crippen LogP contribution is 2.18. The molecule has 0 atom stereocenters. The molecule has 1 aliphatic heterocycles. The molecule has 0 fully saturated rings. The molecular weight excluding hydrogens is 328 g/mol. The topological polar surface area (TPSA) is 75.9 Å². The van der Waals surface area contributed by atoms with E-state index in [0.717, 1.165) is 30.0 Å². The van der Waals surface area contributed by atoms with E-state index in [9.17, 15) is 4.79 Å². The third kappa shape index (κ3) is 3.48. The predicted molar refractivity (Wildman–Crippen MR) is 97.9 cm³/mol. The summed E-state index contributed by atoms with van der Waals surface area (Å²) < 4.78 is 1.76. The Hall–Kier alpha value is -3.06. The summed E-state index contributed by atoms with van der Waals surface area (Å²) in [5.41, 5.74) is 3.94. The van der Waals surface area contributed by atoms with E-state index in [1.54, 1.807) is 11.0 Å². The molecule has 0 bridgehead atoms. The summed E-state index contributed by atoms with van der Waals surface area (Å²) in [6.45, 7) is 3.73. The van der Waals surface area contributed by atoms with Crippen LogP contribution in [-0.4, -0.2) is 43.6 Å². The van der Waals surface area contributed by atoms with Crippen LogP contribution in [-0.2, 0) is 17.8 Å². The Bertz CT molecular complexity index is 921. The van der Waals surface area contributed by atoms with Crippen LogP contribution in [0.15, 0.2) is 48.9 Å². The van der Waals surface area contributed by atoms with E-state index < -0.39 is 0 Å². The molecule has 1 aromatic carbocycles. The monoisotopic (exact) mass is 348 g/mol. The van der Waals surface area contributed by atoms with Gasteiger partial charge in [-0.2, -0.15) is 5.10 Å². The first kappa shape index (κ1) is 16.4. The van der Waals surface area contributed by atoms with Gasteiger partial charge < -0.3 is 5.32 Å². The van der Waals surface area contributed by atoms with Crippen LogP contribution < -0.4 is 5.32 Å². The van der Waals surface area contributed by atoms with Crippen molar-refractivity contribution in [2.24, 2.45) is 0 Å². The van der Waals surface area contributed by atoms with E-state index in [4.69, 9.17) is 0 Å². The molecule has 0 saturated carbocycles. The summed E-state index contributed by atoms with van der Waals surface area (Å²) >= 11 is 0. The highest BCUT2D eigenvalue weighted by molar-refractivity contribution is 5.91. The van der Waals surface area contributed by atoms with Crippen molar-refractivity contribution < 1.29 is 4.79 Å². The zero-order valence-electron chi connectivity index (χ0n) is 14.6. The van der Waals surface area contributed by atoms with E-state index in [1.165, 1.54) is 5.56 Å². The molecule has 3 aromatic rings. The molecule has 0 radical (unpaired) electrons. The average molecular weight is 348 g/mol. The number of aromatic nitrogens is 4. The number of benzene rings is 1. The molecule has 7 heteroatoms. The Morgan fingerprint density at radius 2 is 2.12 bits per heavy atom. The van der Waals surface area contributed by atoms with Crippen molar-refractivity contribution in [3.05, 3.63) is 65.9 Å². The molecule has 4 rings (SSSR count). The van der Waals surface area contributed by atoms with Crippen LogP contribution in [0, 0.1) is 6.92 Å². The van der Waals surface area contributed by atoms with Crippen LogP contribution in [0.5, 0.6) is 0 Å². The Balaban J connectivity index is 1.45. The standard InChI is InChI=1S/C19H20N6O/c1-14-9-18(25(23-14)16-5-3-2-4-6-16)22-19(26)12-24-8-7-15-10-20-13-21-17(15)11-24/h2-6,9-10,13H,7-8,11-12H2,1H3,(H,22,26). The normalized spacial score (nSPS) is 14.0. The largest absolute Gasteiger partial charge is 0.309 e. The van der Waals surface area contributed by atoms with Crippen LogP contribution >= 0.6 is 0 Å². The minimum Gasteiger partial charge on any atom is -0.309 e. The number of carbonyl (C=O) groups is 1. The number of hydrogen-bond acceptors (Lipinski definition) is 5. The Labute approximate surface area is 151 Å². The number of hydrogen-bond donors (Lipinski definition) is 1.